The van der Waals surface area contributed by atoms with Crippen LogP contribution < -0.4 is 5.73 Å². The number of hydrogen-bond donors (Lipinski definition) is 5. The molecule has 26 nitrogen and oxygen atoms in total. The van der Waals surface area contributed by atoms with E-state index in [9.17, 15) is 53.7 Å². The minimum Gasteiger partial charge on any atom is -0.508 e. The number of hydrogen-bond acceptors (Lipinski definition) is 21. The van der Waals surface area contributed by atoms with Crippen LogP contribution in [0, 0.1) is 51.4 Å². The van der Waals surface area contributed by atoms with Gasteiger partial charge in [-0.1, -0.05) is 119 Å². The van der Waals surface area contributed by atoms with Crippen LogP contribution in [0.25, 0.3) is 45.6 Å². The van der Waals surface area contributed by atoms with Crippen LogP contribution in [-0.2, 0) is 36.8 Å². The first-order valence-electron chi connectivity index (χ1n) is 44.4. The topological polar surface area (TPSA) is 369 Å². The lowest BCUT2D eigenvalue weighted by atomic mass is 9.83. The number of aromatic hydroxyl groups is 3. The molecule has 12 heterocycles. The fourth-order valence-electron chi connectivity index (χ4n) is 20.3. The normalized spacial score (nSPS) is 21.9. The number of carboxylic acid groups (broad SMARTS) is 1. The number of carbonyl (C=O) groups excluding carboxylic acids is 7. The summed E-state index contributed by atoms with van der Waals surface area (Å²) in [5, 5.41) is 38.6. The molecule has 0 radical (unpaired) electrons. The van der Waals surface area contributed by atoms with Crippen LogP contribution in [0.15, 0.2) is 219 Å². The molecule has 8 fully saturated rings. The molecule has 8 aliphatic rings. The van der Waals surface area contributed by atoms with Crippen LogP contribution in [-0.4, -0.2) is 182 Å². The van der Waals surface area contributed by atoms with E-state index < -0.39 is 11.9 Å². The molecule has 12 atom stereocenters. The number of Topliss-reactive ketones (excluding diaryl/α,β-unsaturated/α-hetero) is 2. The molecule has 128 heavy (non-hydrogen) atoms. The average Bonchev–Trinajstić information content (AvgIpc) is 1.60. The first-order valence-corrected chi connectivity index (χ1v) is 44.4. The Morgan fingerprint density at radius 2 is 0.602 bits per heavy atom. The highest BCUT2D eigenvalue weighted by Crippen LogP contribution is 2.47. The molecular weight excluding hydrogens is 1620 g/mol. The maximum atomic E-state index is 13.9. The Labute approximate surface area is 744 Å². The quantitative estimate of drug-likeness (QED) is 0.0321. The molecule has 8 saturated heterocycles. The molecular formula is C102H107N13O13. The van der Waals surface area contributed by atoms with E-state index in [0.717, 1.165) is 124 Å². The van der Waals surface area contributed by atoms with Gasteiger partial charge >= 0.3 is 11.9 Å². The Balaban J connectivity index is 0.000000128. The van der Waals surface area contributed by atoms with Crippen molar-refractivity contribution in [1.29, 1.82) is 0 Å². The largest absolute Gasteiger partial charge is 0.508 e. The number of benzene rings is 7. The zero-order valence-electron chi connectivity index (χ0n) is 72.6. The van der Waals surface area contributed by atoms with Crippen molar-refractivity contribution in [2.75, 3.05) is 12.3 Å². The highest BCUT2D eigenvalue weighted by Gasteiger charge is 2.52. The number of phenols is 3. The van der Waals surface area contributed by atoms with Gasteiger partial charge in [-0.3, -0.25) is 38.4 Å². The van der Waals surface area contributed by atoms with Crippen LogP contribution >= 0.6 is 0 Å². The lowest BCUT2D eigenvalue weighted by molar-refractivity contribution is -0.151. The summed E-state index contributed by atoms with van der Waals surface area (Å²) in [5.41, 5.74) is 16.1. The Morgan fingerprint density at radius 3 is 0.883 bits per heavy atom. The molecule has 0 saturated carbocycles. The third-order valence-electron chi connectivity index (χ3n) is 26.5. The first kappa shape index (κ1) is 89.1. The van der Waals surface area contributed by atoms with E-state index >= 15 is 0 Å². The van der Waals surface area contributed by atoms with Gasteiger partial charge in [0.15, 0.2) is 23.3 Å². The number of phenolic OH excluding ortho intramolecular Hbond substituents is 3. The summed E-state index contributed by atoms with van der Waals surface area (Å²) in [5.74, 6) is 0.373. The number of aryl methyl sites for hydroxylation is 4. The number of para-hydroxylation sites is 4. The molecule has 8 bridgehead atoms. The Bertz CT molecular complexity index is 5660. The van der Waals surface area contributed by atoms with Crippen molar-refractivity contribution in [2.24, 2.45) is 23.7 Å². The van der Waals surface area contributed by atoms with Crippen molar-refractivity contribution in [2.45, 2.75) is 199 Å². The number of amides is 4. The number of ether oxygens (including phenoxy) is 1. The third kappa shape index (κ3) is 19.6. The zero-order valence-corrected chi connectivity index (χ0v) is 72.6. The van der Waals surface area contributed by atoms with Gasteiger partial charge in [0, 0.05) is 156 Å². The number of piperidine rings is 4. The van der Waals surface area contributed by atoms with Gasteiger partial charge in [-0.2, -0.15) is 0 Å². The summed E-state index contributed by atoms with van der Waals surface area (Å²) in [6, 6.07) is 50.8. The molecule has 6 N–H and O–H groups in total. The van der Waals surface area contributed by atoms with Crippen molar-refractivity contribution in [3.05, 3.63) is 275 Å². The molecule has 4 aromatic heterocycles. The second-order valence-electron chi connectivity index (χ2n) is 34.5. The van der Waals surface area contributed by atoms with E-state index in [2.05, 4.69) is 39.9 Å². The van der Waals surface area contributed by atoms with Gasteiger partial charge in [-0.15, -0.1) is 0 Å². The second kappa shape index (κ2) is 40.2. The smallest absolute Gasteiger partial charge is 0.311 e. The van der Waals surface area contributed by atoms with Gasteiger partial charge in [0.05, 0.1) is 46.4 Å². The highest BCUT2D eigenvalue weighted by molar-refractivity contribution is 6.04. The Morgan fingerprint density at radius 1 is 0.336 bits per heavy atom. The number of rotatable bonds is 17. The number of carbonyl (C=O) groups is 8. The number of nitrogen functional groups attached to an aromatic ring is 1. The van der Waals surface area contributed by atoms with Gasteiger partial charge in [0.1, 0.15) is 28.8 Å². The number of anilines is 1. The molecule has 658 valence electrons. The van der Waals surface area contributed by atoms with Crippen LogP contribution in [0.2, 0.25) is 0 Å². The van der Waals surface area contributed by atoms with E-state index in [-0.39, 0.29) is 137 Å². The predicted octanol–water partition coefficient (Wildman–Crippen LogP) is 16.0. The molecule has 7 aromatic carbocycles. The lowest BCUT2D eigenvalue weighted by Gasteiger charge is -2.40. The van der Waals surface area contributed by atoms with Gasteiger partial charge in [0.2, 0.25) is 0 Å². The summed E-state index contributed by atoms with van der Waals surface area (Å²) in [7, 11) is 0. The van der Waals surface area contributed by atoms with Crippen LogP contribution in [0.1, 0.15) is 184 Å². The SMILES string of the molecule is CCOC(=O)C1CCC2CCC1N2C(=O)c1cc(C)ccc1-c1ncccn1.Cc1ccc(-c2ncccn2)c(C(=O)N2C3CCC(C(=O)Cc4ccccc4O)C2CC3)c1.Cc1ccc(-c2ncccn2)c(C(=O)N2C3CCC(C(=O)Cc4ccccc4O)C2CC3)c1.Cc1ccc(-c2ncccn2)c(C(=O)N2C3CCC(C(=O)O)C2CC3)c1.Nc1ccccc1O. The summed E-state index contributed by atoms with van der Waals surface area (Å²) in [6.45, 7) is 10.0. The number of aliphatic carboxylic acids is 1. The number of aromatic nitrogens is 8. The summed E-state index contributed by atoms with van der Waals surface area (Å²) in [6.07, 6.45) is 26.9. The van der Waals surface area contributed by atoms with Crippen molar-refractivity contribution < 1.29 is 63.5 Å². The number of fused-ring (bicyclic) bond motifs is 8. The highest BCUT2D eigenvalue weighted by atomic mass is 16.5. The summed E-state index contributed by atoms with van der Waals surface area (Å²) in [4.78, 5) is 148. The minimum atomic E-state index is -0.802. The number of nitrogens with zero attached hydrogens (tertiary/aromatic N) is 12. The molecule has 26 heteroatoms. The maximum Gasteiger partial charge on any atom is 0.311 e. The predicted molar refractivity (Wildman–Crippen MR) is 482 cm³/mol. The first-order chi connectivity index (χ1) is 62.0. The van der Waals surface area contributed by atoms with Gasteiger partial charge in [0.25, 0.3) is 23.6 Å². The minimum absolute atomic E-state index is 0.0346. The van der Waals surface area contributed by atoms with Crippen LogP contribution in [0.3, 0.4) is 0 Å². The standard InChI is InChI=1S/2C27H27N3O3.C22H25N3O3.C20H21N3O3.C6H7NO/c2*1-17-7-10-20(26-28-13-4-14-29-26)22(15-17)27(33)30-19-8-11-21(23(30)12-9-19)25(32)16-18-5-2-3-6-24(18)31;1-3-28-22(27)17-9-6-15-7-10-19(17)25(15)21(26)18-13-14(2)5-8-16(18)20-23-11-4-12-24-20;1-12-3-6-14(18-21-9-2-10-22-18)16(11-12)19(24)23-13-4-7-15(20(25)26)17(23)8-5-13;7-5-3-1-2-4-6(5)8/h2*2-7,10,13-15,19,21,23,31H,8-9,11-12,16H2,1H3;4-5,8,11-13,15,17,19H,3,6-7,9-10H2,1-2H3;2-3,6,9-11,13,15,17H,4-5,7-8H2,1H3,(H,25,26);1-4,8H,7H2. The summed E-state index contributed by atoms with van der Waals surface area (Å²) < 4.78 is 5.28. The second-order valence-corrected chi connectivity index (χ2v) is 34.5. The van der Waals surface area contributed by atoms with Crippen molar-refractivity contribution in [3.63, 3.8) is 0 Å². The molecule has 4 amide bonds. The van der Waals surface area contributed by atoms with Gasteiger partial charge in [-0.25, -0.2) is 39.9 Å². The van der Waals surface area contributed by atoms with Gasteiger partial charge in [-0.05, 0) is 210 Å². The molecule has 0 aliphatic carbocycles. The van der Waals surface area contributed by atoms with Crippen molar-refractivity contribution >= 4 is 52.8 Å². The Kier molecular flexibility index (Phi) is 28.0. The molecule has 11 aromatic rings. The average molecular weight is 1720 g/mol. The van der Waals surface area contributed by atoms with E-state index in [1.807, 2.05) is 139 Å². The van der Waals surface area contributed by atoms with Crippen LogP contribution in [0.4, 0.5) is 5.69 Å². The van der Waals surface area contributed by atoms with E-state index in [0.29, 0.717) is 92.1 Å². The number of carboxylic acids is 1. The molecule has 19 rings (SSSR count). The lowest BCUT2D eigenvalue weighted by Crippen LogP contribution is -2.50. The molecule has 8 aliphatic heterocycles. The fourth-order valence-corrected chi connectivity index (χ4v) is 20.3. The number of nitrogens with two attached hydrogens (primary N) is 1. The number of esters is 1. The monoisotopic (exact) mass is 1720 g/mol. The van der Waals surface area contributed by atoms with E-state index in [1.165, 1.54) is 0 Å². The summed E-state index contributed by atoms with van der Waals surface area (Å²) >= 11 is 0. The van der Waals surface area contributed by atoms with Crippen molar-refractivity contribution in [3.8, 4) is 62.8 Å². The zero-order chi connectivity index (χ0) is 89.8. The number of ketones is 2. The maximum absolute atomic E-state index is 13.9. The molecule has 12 unspecified atom stereocenters. The Hall–Kier alpha value is -13.8. The van der Waals surface area contributed by atoms with E-state index in [1.54, 1.807) is 135 Å². The van der Waals surface area contributed by atoms with Crippen molar-refractivity contribution in [1.82, 2.24) is 59.5 Å². The fraction of sp³-hybridized carbons (Fsp3) is 0.353. The van der Waals surface area contributed by atoms with Crippen LogP contribution in [0.5, 0.6) is 17.2 Å². The van der Waals surface area contributed by atoms with E-state index in [4.69, 9.17) is 15.6 Å². The third-order valence-corrected chi connectivity index (χ3v) is 26.5. The van der Waals surface area contributed by atoms with Gasteiger partial charge < -0.3 is 50.5 Å². The molecule has 0 spiro atoms.